The van der Waals surface area contributed by atoms with Crippen LogP contribution in [0.25, 0.3) is 0 Å². The Hall–Kier alpha value is -0.530. The molecule has 1 amide bonds. The first-order chi connectivity index (χ1) is 6.96. The summed E-state index contributed by atoms with van der Waals surface area (Å²) < 4.78 is 0. The van der Waals surface area contributed by atoms with Crippen molar-refractivity contribution in [3.63, 3.8) is 0 Å². The van der Waals surface area contributed by atoms with E-state index in [1.165, 1.54) is 19.3 Å². The van der Waals surface area contributed by atoms with Gasteiger partial charge in [0.2, 0.25) is 5.91 Å². The number of hydrogen-bond acceptors (Lipinski definition) is 1. The molecule has 0 heterocycles. The third-order valence-corrected chi connectivity index (χ3v) is 3.35. The van der Waals surface area contributed by atoms with E-state index in [2.05, 4.69) is 27.7 Å². The summed E-state index contributed by atoms with van der Waals surface area (Å²) in [5, 5.41) is 0. The molecule has 0 aliphatic heterocycles. The van der Waals surface area contributed by atoms with Gasteiger partial charge in [0.05, 0.1) is 0 Å². The molecule has 1 aliphatic rings. The summed E-state index contributed by atoms with van der Waals surface area (Å²) in [5.41, 5.74) is -0.0245. The van der Waals surface area contributed by atoms with Gasteiger partial charge in [-0.3, -0.25) is 4.79 Å². The van der Waals surface area contributed by atoms with Gasteiger partial charge in [-0.1, -0.05) is 19.3 Å². The molecule has 0 bridgehead atoms. The average Bonchev–Trinajstić information content (AvgIpc) is 2.18. The fraction of sp³-hybridized carbons (Fsp3) is 0.923. The van der Waals surface area contributed by atoms with Gasteiger partial charge < -0.3 is 4.90 Å². The molecule has 2 heteroatoms. The van der Waals surface area contributed by atoms with Gasteiger partial charge in [-0.25, -0.2) is 0 Å². The van der Waals surface area contributed by atoms with Gasteiger partial charge >= 0.3 is 0 Å². The maximum Gasteiger partial charge on any atom is 0.226 e. The van der Waals surface area contributed by atoms with Crippen LogP contribution < -0.4 is 0 Å². The summed E-state index contributed by atoms with van der Waals surface area (Å²) in [6.07, 6.45) is 5.98. The first-order valence-corrected chi connectivity index (χ1v) is 6.28. The van der Waals surface area contributed by atoms with Crippen LogP contribution in [0.3, 0.4) is 0 Å². The molecular weight excluding hydrogens is 186 g/mol. The van der Waals surface area contributed by atoms with Gasteiger partial charge in [-0.15, -0.1) is 0 Å². The normalized spacial score (nSPS) is 18.9. The highest BCUT2D eigenvalue weighted by molar-refractivity contribution is 5.79. The molecule has 2 nitrogen and oxygen atoms in total. The van der Waals surface area contributed by atoms with Crippen LogP contribution in [0.2, 0.25) is 0 Å². The molecule has 88 valence electrons. The lowest BCUT2D eigenvalue weighted by atomic mass is 9.87. The third-order valence-electron chi connectivity index (χ3n) is 3.35. The second-order valence-electron chi connectivity index (χ2n) is 5.59. The highest BCUT2D eigenvalue weighted by Gasteiger charge is 2.31. The van der Waals surface area contributed by atoms with Gasteiger partial charge in [0.25, 0.3) is 0 Å². The van der Waals surface area contributed by atoms with E-state index in [0.717, 1.165) is 19.4 Å². The van der Waals surface area contributed by atoms with E-state index >= 15 is 0 Å². The third kappa shape index (κ3) is 3.22. The van der Waals surface area contributed by atoms with Gasteiger partial charge in [0, 0.05) is 18.0 Å². The Bertz CT molecular complexity index is 211. The fourth-order valence-corrected chi connectivity index (χ4v) is 2.53. The Morgan fingerprint density at radius 3 is 2.13 bits per heavy atom. The molecule has 0 aromatic rings. The molecule has 0 spiro atoms. The second-order valence-corrected chi connectivity index (χ2v) is 5.59. The summed E-state index contributed by atoms with van der Waals surface area (Å²) in [6.45, 7) is 9.27. The summed E-state index contributed by atoms with van der Waals surface area (Å²) in [6, 6.07) is 0. The lowest BCUT2D eigenvalue weighted by molar-refractivity contribution is -0.141. The lowest BCUT2D eigenvalue weighted by Crippen LogP contribution is -2.48. The zero-order valence-electron chi connectivity index (χ0n) is 10.7. The molecule has 0 unspecified atom stereocenters. The molecular formula is C13H25NO. The van der Waals surface area contributed by atoms with E-state index in [1.807, 2.05) is 4.90 Å². The first kappa shape index (κ1) is 12.5. The molecule has 0 aromatic heterocycles. The molecule has 0 saturated heterocycles. The average molecular weight is 211 g/mol. The maximum atomic E-state index is 12.3. The number of rotatable bonds is 2. The number of amides is 1. The zero-order valence-corrected chi connectivity index (χ0v) is 10.7. The predicted octanol–water partition coefficient (Wildman–Crippen LogP) is 3.21. The lowest BCUT2D eigenvalue weighted by Gasteiger charge is -2.38. The van der Waals surface area contributed by atoms with Crippen molar-refractivity contribution < 1.29 is 4.79 Å². The van der Waals surface area contributed by atoms with Crippen LogP contribution in [0, 0.1) is 5.92 Å². The Balaban J connectivity index is 2.63. The van der Waals surface area contributed by atoms with Crippen LogP contribution >= 0.6 is 0 Å². The van der Waals surface area contributed by atoms with Gasteiger partial charge in [0.15, 0.2) is 0 Å². The van der Waals surface area contributed by atoms with Crippen LogP contribution in [0.5, 0.6) is 0 Å². The van der Waals surface area contributed by atoms with Crippen molar-refractivity contribution in [2.75, 3.05) is 6.54 Å². The van der Waals surface area contributed by atoms with Crippen molar-refractivity contribution >= 4 is 5.91 Å². The Kier molecular flexibility index (Phi) is 4.18. The highest BCUT2D eigenvalue weighted by atomic mass is 16.2. The van der Waals surface area contributed by atoms with Crippen molar-refractivity contribution in [2.45, 2.75) is 65.3 Å². The van der Waals surface area contributed by atoms with Crippen molar-refractivity contribution in [3.05, 3.63) is 0 Å². The van der Waals surface area contributed by atoms with E-state index in [9.17, 15) is 4.79 Å². The maximum absolute atomic E-state index is 12.3. The molecule has 0 aromatic carbocycles. The van der Waals surface area contributed by atoms with Crippen molar-refractivity contribution in [2.24, 2.45) is 5.92 Å². The van der Waals surface area contributed by atoms with Crippen LogP contribution in [0.4, 0.5) is 0 Å². The van der Waals surface area contributed by atoms with Gasteiger partial charge in [0.1, 0.15) is 0 Å². The van der Waals surface area contributed by atoms with E-state index in [0.29, 0.717) is 11.8 Å². The van der Waals surface area contributed by atoms with Gasteiger partial charge in [-0.2, -0.15) is 0 Å². The molecule has 1 saturated carbocycles. The summed E-state index contributed by atoms with van der Waals surface area (Å²) in [7, 11) is 0. The standard InChI is InChI=1S/C13H25NO/c1-5-14(13(2,3)4)12(15)11-9-7-6-8-10-11/h11H,5-10H2,1-4H3. The van der Waals surface area contributed by atoms with Gasteiger partial charge in [-0.05, 0) is 40.5 Å². The predicted molar refractivity (Wildman–Crippen MR) is 63.7 cm³/mol. The minimum Gasteiger partial charge on any atom is -0.338 e. The summed E-state index contributed by atoms with van der Waals surface area (Å²) in [5.74, 6) is 0.683. The van der Waals surface area contributed by atoms with Crippen LogP contribution in [-0.2, 0) is 4.79 Å². The Labute approximate surface area is 94.0 Å². The van der Waals surface area contributed by atoms with Crippen LogP contribution in [0.1, 0.15) is 59.8 Å². The Morgan fingerprint density at radius 1 is 1.20 bits per heavy atom. The molecule has 1 rings (SSSR count). The van der Waals surface area contributed by atoms with Crippen LogP contribution in [-0.4, -0.2) is 22.9 Å². The second kappa shape index (κ2) is 5.00. The molecule has 1 aliphatic carbocycles. The topological polar surface area (TPSA) is 20.3 Å². The Morgan fingerprint density at radius 2 is 1.73 bits per heavy atom. The largest absolute Gasteiger partial charge is 0.338 e. The van der Waals surface area contributed by atoms with E-state index in [4.69, 9.17) is 0 Å². The van der Waals surface area contributed by atoms with Crippen LogP contribution in [0.15, 0.2) is 0 Å². The highest BCUT2D eigenvalue weighted by Crippen LogP contribution is 2.27. The van der Waals surface area contributed by atoms with Crippen molar-refractivity contribution in [1.29, 1.82) is 0 Å². The van der Waals surface area contributed by atoms with Crippen molar-refractivity contribution in [3.8, 4) is 0 Å². The number of nitrogens with zero attached hydrogens (tertiary/aromatic N) is 1. The van der Waals surface area contributed by atoms with E-state index in [1.54, 1.807) is 0 Å². The summed E-state index contributed by atoms with van der Waals surface area (Å²) in [4.78, 5) is 14.3. The van der Waals surface area contributed by atoms with Crippen molar-refractivity contribution in [1.82, 2.24) is 4.90 Å². The fourth-order valence-electron chi connectivity index (χ4n) is 2.53. The minimum atomic E-state index is -0.0245. The quantitative estimate of drug-likeness (QED) is 0.687. The zero-order chi connectivity index (χ0) is 11.5. The molecule has 0 radical (unpaired) electrons. The molecule has 15 heavy (non-hydrogen) atoms. The minimum absolute atomic E-state index is 0.0245. The van der Waals surface area contributed by atoms with E-state index in [-0.39, 0.29) is 5.54 Å². The number of carbonyl (C=O) groups excluding carboxylic acids is 1. The molecule has 0 atom stereocenters. The first-order valence-electron chi connectivity index (χ1n) is 6.28. The monoisotopic (exact) mass is 211 g/mol. The number of carbonyl (C=O) groups is 1. The molecule has 0 N–H and O–H groups in total. The smallest absolute Gasteiger partial charge is 0.226 e. The van der Waals surface area contributed by atoms with E-state index < -0.39 is 0 Å². The molecule has 1 fully saturated rings. The number of hydrogen-bond donors (Lipinski definition) is 0. The SMILES string of the molecule is CCN(C(=O)C1CCCCC1)C(C)(C)C. The summed E-state index contributed by atoms with van der Waals surface area (Å²) >= 11 is 0.